The van der Waals surface area contributed by atoms with Gasteiger partial charge in [-0.05, 0) is 24.3 Å². The van der Waals surface area contributed by atoms with Crippen LogP contribution in [0, 0.1) is 0 Å². The summed E-state index contributed by atoms with van der Waals surface area (Å²) in [6.07, 6.45) is 7.76. The maximum Gasteiger partial charge on any atom is 0.274 e. The third kappa shape index (κ3) is 2.27. The Hall–Kier alpha value is -2.11. The average molecular weight is 246 g/mol. The Morgan fingerprint density at radius 2 is 2.28 bits per heavy atom. The van der Waals surface area contributed by atoms with E-state index in [-0.39, 0.29) is 11.8 Å². The highest BCUT2D eigenvalue weighted by molar-refractivity contribution is 6.15. The van der Waals surface area contributed by atoms with Gasteiger partial charge in [0.05, 0.1) is 12.7 Å². The van der Waals surface area contributed by atoms with Crippen LogP contribution in [-0.4, -0.2) is 28.1 Å². The molecule has 0 aromatic carbocycles. The van der Waals surface area contributed by atoms with Crippen molar-refractivity contribution in [3.8, 4) is 0 Å². The van der Waals surface area contributed by atoms with Gasteiger partial charge in [0.25, 0.3) is 11.8 Å². The largest absolute Gasteiger partial charge is 0.379 e. The van der Waals surface area contributed by atoms with Gasteiger partial charge in [-0.15, -0.1) is 0 Å². The minimum absolute atomic E-state index is 0.328. The van der Waals surface area contributed by atoms with Gasteiger partial charge in [0, 0.05) is 18.8 Å². The second kappa shape index (κ2) is 4.29. The predicted molar refractivity (Wildman–Crippen MR) is 63.4 cm³/mol. The summed E-state index contributed by atoms with van der Waals surface area (Å²) < 4.78 is 1.86. The second-order valence-corrected chi connectivity index (χ2v) is 4.61. The molecule has 3 rings (SSSR count). The molecule has 2 N–H and O–H groups in total. The Morgan fingerprint density at radius 1 is 1.44 bits per heavy atom. The molecule has 1 aliphatic carbocycles. The van der Waals surface area contributed by atoms with E-state index in [9.17, 15) is 9.59 Å². The summed E-state index contributed by atoms with van der Waals surface area (Å²) in [7, 11) is 0. The van der Waals surface area contributed by atoms with Crippen molar-refractivity contribution in [1.82, 2.24) is 20.4 Å². The molecule has 0 saturated heterocycles. The molecule has 1 fully saturated rings. The van der Waals surface area contributed by atoms with Gasteiger partial charge >= 0.3 is 0 Å². The van der Waals surface area contributed by atoms with Gasteiger partial charge in [0.1, 0.15) is 5.70 Å². The lowest BCUT2D eigenvalue weighted by molar-refractivity contribution is -0.124. The molecule has 94 valence electrons. The van der Waals surface area contributed by atoms with Crippen LogP contribution in [0.1, 0.15) is 24.3 Å². The number of rotatable bonds is 5. The quantitative estimate of drug-likeness (QED) is 0.711. The van der Waals surface area contributed by atoms with Crippen LogP contribution in [0.25, 0.3) is 0 Å². The van der Waals surface area contributed by atoms with Crippen LogP contribution in [0.5, 0.6) is 0 Å². The first-order chi connectivity index (χ1) is 8.72. The van der Waals surface area contributed by atoms with Gasteiger partial charge in [-0.2, -0.15) is 5.10 Å². The van der Waals surface area contributed by atoms with Crippen LogP contribution in [0.3, 0.4) is 0 Å². The number of amides is 2. The summed E-state index contributed by atoms with van der Waals surface area (Å²) in [6, 6.07) is 0. The molecule has 0 radical (unpaired) electrons. The normalized spacial score (nSPS) is 18.8. The van der Waals surface area contributed by atoms with E-state index in [1.54, 1.807) is 0 Å². The van der Waals surface area contributed by atoms with Crippen molar-refractivity contribution in [3.63, 3.8) is 0 Å². The predicted octanol–water partition coefficient (Wildman–Crippen LogP) is -0.110. The molecule has 2 aliphatic rings. The lowest BCUT2D eigenvalue weighted by Crippen LogP contribution is -2.28. The van der Waals surface area contributed by atoms with Gasteiger partial charge in [0.2, 0.25) is 0 Å². The monoisotopic (exact) mass is 246 g/mol. The molecular weight excluding hydrogens is 232 g/mol. The van der Waals surface area contributed by atoms with E-state index in [4.69, 9.17) is 0 Å². The zero-order chi connectivity index (χ0) is 12.5. The van der Waals surface area contributed by atoms with Crippen LogP contribution in [0.2, 0.25) is 0 Å². The van der Waals surface area contributed by atoms with Crippen molar-refractivity contribution in [2.75, 3.05) is 6.54 Å². The maximum atomic E-state index is 11.2. The minimum Gasteiger partial charge on any atom is -0.379 e. The fourth-order valence-corrected chi connectivity index (χ4v) is 1.98. The molecular formula is C12H14N4O2. The SMILES string of the molecule is O=C1C=C(NCCn2cc(C3CC3)cn2)C(=O)N1. The zero-order valence-corrected chi connectivity index (χ0v) is 9.85. The van der Waals surface area contributed by atoms with Crippen LogP contribution >= 0.6 is 0 Å². The van der Waals surface area contributed by atoms with Crippen molar-refractivity contribution in [3.05, 3.63) is 29.7 Å². The van der Waals surface area contributed by atoms with E-state index < -0.39 is 0 Å². The van der Waals surface area contributed by atoms with E-state index in [0.717, 1.165) is 0 Å². The molecule has 18 heavy (non-hydrogen) atoms. The molecule has 0 atom stereocenters. The fraction of sp³-hybridized carbons (Fsp3) is 0.417. The molecule has 0 unspecified atom stereocenters. The first-order valence-electron chi connectivity index (χ1n) is 6.05. The molecule has 1 aromatic rings. The van der Waals surface area contributed by atoms with Crippen molar-refractivity contribution < 1.29 is 9.59 Å². The van der Waals surface area contributed by atoms with Crippen LogP contribution in [-0.2, 0) is 16.1 Å². The van der Waals surface area contributed by atoms with Crippen LogP contribution < -0.4 is 10.6 Å². The lowest BCUT2D eigenvalue weighted by atomic mass is 10.2. The third-order valence-corrected chi connectivity index (χ3v) is 3.12. The van der Waals surface area contributed by atoms with Crippen LogP contribution in [0.15, 0.2) is 24.2 Å². The first kappa shape index (κ1) is 11.0. The van der Waals surface area contributed by atoms with Crippen molar-refractivity contribution in [2.45, 2.75) is 25.3 Å². The summed E-state index contributed by atoms with van der Waals surface area (Å²) in [6.45, 7) is 1.24. The third-order valence-electron chi connectivity index (χ3n) is 3.12. The number of carbonyl (C=O) groups excluding carboxylic acids is 2. The van der Waals surface area contributed by atoms with Gasteiger partial charge in [-0.3, -0.25) is 19.6 Å². The Morgan fingerprint density at radius 3 is 2.94 bits per heavy atom. The Balaban J connectivity index is 1.50. The fourth-order valence-electron chi connectivity index (χ4n) is 1.98. The van der Waals surface area contributed by atoms with Crippen LogP contribution in [0.4, 0.5) is 0 Å². The number of nitrogens with zero attached hydrogens (tertiary/aromatic N) is 2. The Kier molecular flexibility index (Phi) is 2.62. The maximum absolute atomic E-state index is 11.2. The first-order valence-corrected chi connectivity index (χ1v) is 6.05. The molecule has 1 aliphatic heterocycles. The number of nitrogens with one attached hydrogen (secondary N) is 2. The van der Waals surface area contributed by atoms with E-state index in [0.29, 0.717) is 24.7 Å². The number of hydrogen-bond acceptors (Lipinski definition) is 4. The summed E-state index contributed by atoms with van der Waals surface area (Å²) >= 11 is 0. The molecule has 1 aromatic heterocycles. The summed E-state index contributed by atoms with van der Waals surface area (Å²) in [5.41, 5.74) is 1.62. The van der Waals surface area contributed by atoms with Gasteiger partial charge in [0.15, 0.2) is 0 Å². The van der Waals surface area contributed by atoms with Gasteiger partial charge < -0.3 is 5.32 Å². The summed E-state index contributed by atoms with van der Waals surface area (Å²) in [5.74, 6) is -0.0237. The zero-order valence-electron chi connectivity index (χ0n) is 9.85. The van der Waals surface area contributed by atoms with Gasteiger partial charge in [-0.1, -0.05) is 0 Å². The molecule has 0 spiro atoms. The summed E-state index contributed by atoms with van der Waals surface area (Å²) in [5, 5.41) is 9.38. The highest BCUT2D eigenvalue weighted by atomic mass is 16.2. The highest BCUT2D eigenvalue weighted by Crippen LogP contribution is 2.39. The molecule has 6 heteroatoms. The molecule has 6 nitrogen and oxygen atoms in total. The van der Waals surface area contributed by atoms with E-state index in [1.165, 1.54) is 24.5 Å². The minimum atomic E-state index is -0.363. The number of carbonyl (C=O) groups is 2. The number of hydrogen-bond donors (Lipinski definition) is 2. The average Bonchev–Trinajstić information content (AvgIpc) is 2.99. The van der Waals surface area contributed by atoms with Crippen molar-refractivity contribution in [1.29, 1.82) is 0 Å². The molecule has 2 amide bonds. The highest BCUT2D eigenvalue weighted by Gasteiger charge is 2.24. The van der Waals surface area contributed by atoms with Gasteiger partial charge in [-0.25, -0.2) is 0 Å². The van der Waals surface area contributed by atoms with E-state index >= 15 is 0 Å². The Bertz CT molecular complexity index is 528. The molecule has 0 bridgehead atoms. The molecule has 2 heterocycles. The second-order valence-electron chi connectivity index (χ2n) is 4.61. The van der Waals surface area contributed by atoms with E-state index in [1.807, 2.05) is 17.1 Å². The number of imide groups is 1. The lowest BCUT2D eigenvalue weighted by Gasteiger charge is -2.05. The number of aromatic nitrogens is 2. The Labute approximate surface area is 104 Å². The topological polar surface area (TPSA) is 76.0 Å². The van der Waals surface area contributed by atoms with E-state index in [2.05, 4.69) is 15.7 Å². The smallest absolute Gasteiger partial charge is 0.274 e. The standard InChI is InChI=1S/C12H14N4O2/c17-11-5-10(12(18)15-11)13-3-4-16-7-9(6-14-16)8-1-2-8/h5-8H,1-4H2,(H2,13,15,17,18). The van der Waals surface area contributed by atoms with Crippen molar-refractivity contribution in [2.24, 2.45) is 0 Å². The van der Waals surface area contributed by atoms with Crippen molar-refractivity contribution >= 4 is 11.8 Å². The summed E-state index contributed by atoms with van der Waals surface area (Å²) in [4.78, 5) is 22.2. The molecule has 1 saturated carbocycles.